The molecule has 4 nitrogen and oxygen atoms in total. The Morgan fingerprint density at radius 2 is 2.13 bits per heavy atom. The summed E-state index contributed by atoms with van der Waals surface area (Å²) in [6.07, 6.45) is 1.56. The van der Waals surface area contributed by atoms with Gasteiger partial charge in [0.25, 0.3) is 0 Å². The van der Waals surface area contributed by atoms with Crippen molar-refractivity contribution in [3.63, 3.8) is 0 Å². The largest absolute Gasteiger partial charge is 0.462 e. The number of rotatable bonds is 7. The number of carbonyl (C=O) groups excluding carboxylic acids is 1. The number of aliphatic hydroxyl groups is 1. The van der Waals surface area contributed by atoms with Gasteiger partial charge < -0.3 is 15.2 Å². The van der Waals surface area contributed by atoms with Crippen LogP contribution in [0.4, 0.5) is 0 Å². The molecule has 0 aliphatic carbocycles. The van der Waals surface area contributed by atoms with Crippen molar-refractivity contribution < 1.29 is 14.6 Å². The number of esters is 1. The van der Waals surface area contributed by atoms with Gasteiger partial charge in [0, 0.05) is 6.54 Å². The standard InChI is InChI=1S/C11H23NO3/c1-5-6-11(4,14)8-12-7-10(13)15-9(2)3/h9,12,14H,5-8H2,1-4H3. The minimum Gasteiger partial charge on any atom is -0.462 e. The lowest BCUT2D eigenvalue weighted by Gasteiger charge is -2.22. The van der Waals surface area contributed by atoms with E-state index in [0.29, 0.717) is 6.54 Å². The summed E-state index contributed by atoms with van der Waals surface area (Å²) in [5.74, 6) is -0.280. The molecule has 0 bridgehead atoms. The molecule has 1 unspecified atom stereocenters. The van der Waals surface area contributed by atoms with Crippen LogP contribution in [-0.4, -0.2) is 35.9 Å². The van der Waals surface area contributed by atoms with Crippen molar-refractivity contribution in [3.8, 4) is 0 Å². The van der Waals surface area contributed by atoms with Crippen molar-refractivity contribution >= 4 is 5.97 Å². The van der Waals surface area contributed by atoms with Crippen molar-refractivity contribution in [1.82, 2.24) is 5.32 Å². The summed E-state index contributed by atoms with van der Waals surface area (Å²) in [6, 6.07) is 0. The molecule has 0 aromatic heterocycles. The average molecular weight is 217 g/mol. The van der Waals surface area contributed by atoms with Gasteiger partial charge in [-0.15, -0.1) is 0 Å². The fourth-order valence-corrected chi connectivity index (χ4v) is 1.37. The van der Waals surface area contributed by atoms with E-state index in [1.165, 1.54) is 0 Å². The van der Waals surface area contributed by atoms with Gasteiger partial charge in [0.1, 0.15) is 0 Å². The van der Waals surface area contributed by atoms with Crippen molar-refractivity contribution in [2.24, 2.45) is 0 Å². The Kier molecular flexibility index (Phi) is 6.52. The highest BCUT2D eigenvalue weighted by Gasteiger charge is 2.18. The minimum atomic E-state index is -0.743. The van der Waals surface area contributed by atoms with Crippen LogP contribution in [0.1, 0.15) is 40.5 Å². The number of ether oxygens (including phenoxy) is 1. The number of hydrogen-bond donors (Lipinski definition) is 2. The normalized spacial score (nSPS) is 15.1. The zero-order valence-corrected chi connectivity index (χ0v) is 10.2. The molecule has 0 rings (SSSR count). The molecule has 0 radical (unpaired) electrons. The smallest absolute Gasteiger partial charge is 0.320 e. The van der Waals surface area contributed by atoms with Gasteiger partial charge in [-0.2, -0.15) is 0 Å². The lowest BCUT2D eigenvalue weighted by molar-refractivity contribution is -0.146. The van der Waals surface area contributed by atoms with E-state index in [2.05, 4.69) is 5.32 Å². The molecule has 0 heterocycles. The van der Waals surface area contributed by atoms with Crippen molar-refractivity contribution in [2.75, 3.05) is 13.1 Å². The van der Waals surface area contributed by atoms with E-state index in [1.807, 2.05) is 20.8 Å². The van der Waals surface area contributed by atoms with E-state index >= 15 is 0 Å². The van der Waals surface area contributed by atoms with Gasteiger partial charge >= 0.3 is 5.97 Å². The van der Waals surface area contributed by atoms with Gasteiger partial charge in [-0.05, 0) is 27.2 Å². The monoisotopic (exact) mass is 217 g/mol. The van der Waals surface area contributed by atoms with Crippen LogP contribution in [0.5, 0.6) is 0 Å². The summed E-state index contributed by atoms with van der Waals surface area (Å²) in [4.78, 5) is 11.1. The highest BCUT2D eigenvalue weighted by atomic mass is 16.5. The predicted octanol–water partition coefficient (Wildman–Crippen LogP) is 1.08. The van der Waals surface area contributed by atoms with Crippen LogP contribution in [0, 0.1) is 0 Å². The lowest BCUT2D eigenvalue weighted by atomic mass is 10.0. The SMILES string of the molecule is CCCC(C)(O)CNCC(=O)OC(C)C. The zero-order chi connectivity index (χ0) is 11.9. The fraction of sp³-hybridized carbons (Fsp3) is 0.909. The summed E-state index contributed by atoms with van der Waals surface area (Å²) in [5, 5.41) is 12.7. The first-order valence-electron chi connectivity index (χ1n) is 5.50. The van der Waals surface area contributed by atoms with Crippen LogP contribution >= 0.6 is 0 Å². The molecule has 0 saturated carbocycles. The van der Waals surface area contributed by atoms with E-state index in [0.717, 1.165) is 12.8 Å². The molecule has 0 aromatic carbocycles. The van der Waals surface area contributed by atoms with E-state index < -0.39 is 5.60 Å². The number of nitrogens with one attached hydrogen (secondary N) is 1. The van der Waals surface area contributed by atoms with Gasteiger partial charge in [0.2, 0.25) is 0 Å². The van der Waals surface area contributed by atoms with Gasteiger partial charge in [0.15, 0.2) is 0 Å². The van der Waals surface area contributed by atoms with Crippen LogP contribution in [0.2, 0.25) is 0 Å². The molecular formula is C11H23NO3. The Bertz CT molecular complexity index is 190. The third-order valence-electron chi connectivity index (χ3n) is 1.93. The van der Waals surface area contributed by atoms with Crippen LogP contribution < -0.4 is 5.32 Å². The summed E-state index contributed by atoms with van der Waals surface area (Å²) in [6.45, 7) is 7.96. The lowest BCUT2D eigenvalue weighted by Crippen LogP contribution is -2.40. The highest BCUT2D eigenvalue weighted by Crippen LogP contribution is 2.09. The maximum atomic E-state index is 11.1. The van der Waals surface area contributed by atoms with E-state index in [9.17, 15) is 9.90 Å². The Morgan fingerprint density at radius 1 is 1.53 bits per heavy atom. The maximum Gasteiger partial charge on any atom is 0.320 e. The van der Waals surface area contributed by atoms with Gasteiger partial charge in [-0.1, -0.05) is 13.3 Å². The summed E-state index contributed by atoms with van der Waals surface area (Å²) < 4.78 is 4.94. The first-order valence-corrected chi connectivity index (χ1v) is 5.50. The molecule has 0 aromatic rings. The Hall–Kier alpha value is -0.610. The fourth-order valence-electron chi connectivity index (χ4n) is 1.37. The second-order valence-corrected chi connectivity index (χ2v) is 4.39. The quantitative estimate of drug-likeness (QED) is 0.626. The Morgan fingerprint density at radius 3 is 2.60 bits per heavy atom. The highest BCUT2D eigenvalue weighted by molar-refractivity contribution is 5.71. The molecule has 15 heavy (non-hydrogen) atoms. The van der Waals surface area contributed by atoms with Gasteiger partial charge in [-0.3, -0.25) is 4.79 Å². The van der Waals surface area contributed by atoms with E-state index in [-0.39, 0.29) is 18.6 Å². The van der Waals surface area contributed by atoms with Crippen molar-refractivity contribution in [2.45, 2.75) is 52.2 Å². The third kappa shape index (κ3) is 8.39. The van der Waals surface area contributed by atoms with Crippen molar-refractivity contribution in [1.29, 1.82) is 0 Å². The summed E-state index contributed by atoms with van der Waals surface area (Å²) in [5.41, 5.74) is -0.743. The maximum absolute atomic E-state index is 11.1. The molecule has 0 saturated heterocycles. The first kappa shape index (κ1) is 14.4. The number of carbonyl (C=O) groups is 1. The average Bonchev–Trinajstić information content (AvgIpc) is 2.01. The molecule has 0 spiro atoms. The van der Waals surface area contributed by atoms with Crippen LogP contribution in [-0.2, 0) is 9.53 Å². The molecule has 0 aliphatic rings. The second-order valence-electron chi connectivity index (χ2n) is 4.39. The Labute approximate surface area is 92.0 Å². The molecule has 0 fully saturated rings. The van der Waals surface area contributed by atoms with Gasteiger partial charge in [0.05, 0.1) is 18.2 Å². The van der Waals surface area contributed by atoms with Crippen LogP contribution in [0.3, 0.4) is 0 Å². The van der Waals surface area contributed by atoms with E-state index in [4.69, 9.17) is 4.74 Å². The van der Waals surface area contributed by atoms with Crippen molar-refractivity contribution in [3.05, 3.63) is 0 Å². The molecule has 0 amide bonds. The number of hydrogen-bond acceptors (Lipinski definition) is 4. The van der Waals surface area contributed by atoms with E-state index in [1.54, 1.807) is 6.92 Å². The molecule has 0 aliphatic heterocycles. The molecule has 90 valence electrons. The topological polar surface area (TPSA) is 58.6 Å². The second kappa shape index (κ2) is 6.80. The van der Waals surface area contributed by atoms with Crippen LogP contribution in [0.15, 0.2) is 0 Å². The predicted molar refractivity (Wildman–Crippen MR) is 59.6 cm³/mol. The molecular weight excluding hydrogens is 194 g/mol. The van der Waals surface area contributed by atoms with Gasteiger partial charge in [-0.25, -0.2) is 0 Å². The molecule has 2 N–H and O–H groups in total. The molecule has 1 atom stereocenters. The zero-order valence-electron chi connectivity index (χ0n) is 10.2. The summed E-state index contributed by atoms with van der Waals surface area (Å²) >= 11 is 0. The molecule has 4 heteroatoms. The third-order valence-corrected chi connectivity index (χ3v) is 1.93. The Balaban J connectivity index is 3.65. The van der Waals surface area contributed by atoms with Crippen LogP contribution in [0.25, 0.3) is 0 Å². The summed E-state index contributed by atoms with van der Waals surface area (Å²) in [7, 11) is 0. The minimum absolute atomic E-state index is 0.0875. The first-order chi connectivity index (χ1) is 6.87.